The van der Waals surface area contributed by atoms with Gasteiger partial charge in [0.15, 0.2) is 0 Å². The van der Waals surface area contributed by atoms with Crippen LogP contribution >= 0.6 is 0 Å². The smallest absolute Gasteiger partial charge is 0.250 e. The predicted molar refractivity (Wildman–Crippen MR) is 77.2 cm³/mol. The van der Waals surface area contributed by atoms with Crippen LogP contribution in [-0.4, -0.2) is 17.6 Å². The first-order chi connectivity index (χ1) is 9.28. The van der Waals surface area contributed by atoms with Crippen molar-refractivity contribution in [1.82, 2.24) is 0 Å². The third-order valence-electron chi connectivity index (χ3n) is 3.17. The largest absolute Gasteiger partial charge is 0.387 e. The van der Waals surface area contributed by atoms with E-state index in [-0.39, 0.29) is 0 Å². The predicted octanol–water partition coefficient (Wildman–Crippen LogP) is 2.92. The first kappa shape index (κ1) is 11.7. The second-order valence-electron chi connectivity index (χ2n) is 4.43. The molecule has 0 bridgehead atoms. The molecule has 0 saturated carbocycles. The highest BCUT2D eigenvalue weighted by Gasteiger charge is 2.03. The van der Waals surface area contributed by atoms with E-state index in [1.54, 1.807) is 0 Å². The summed E-state index contributed by atoms with van der Waals surface area (Å²) in [6.45, 7) is -0.506. The molecular weight excluding hydrogens is 238 g/mol. The Kier molecular flexibility index (Phi) is 2.89. The van der Waals surface area contributed by atoms with Crippen molar-refractivity contribution < 1.29 is 9.90 Å². The molecule has 19 heavy (non-hydrogen) atoms. The molecule has 0 heterocycles. The summed E-state index contributed by atoms with van der Waals surface area (Å²) < 4.78 is 0. The number of aliphatic hydroxyl groups is 1. The van der Waals surface area contributed by atoms with Gasteiger partial charge in [-0.2, -0.15) is 0 Å². The van der Waals surface area contributed by atoms with E-state index in [0.717, 1.165) is 16.2 Å². The molecule has 0 aliphatic heterocycles. The van der Waals surface area contributed by atoms with Gasteiger partial charge >= 0.3 is 0 Å². The SMILES string of the molecule is O=C(CO)Nc1ccc2ccc3ccccc3c2c1. The molecule has 0 fully saturated rings. The van der Waals surface area contributed by atoms with Crippen molar-refractivity contribution in [3.05, 3.63) is 54.6 Å². The molecule has 0 spiro atoms. The number of aliphatic hydroxyl groups excluding tert-OH is 1. The molecule has 1 amide bonds. The summed E-state index contributed by atoms with van der Waals surface area (Å²) >= 11 is 0. The fourth-order valence-corrected chi connectivity index (χ4v) is 2.28. The summed E-state index contributed by atoms with van der Waals surface area (Å²) in [5.74, 6) is -0.403. The molecule has 3 aromatic rings. The minimum absolute atomic E-state index is 0.403. The van der Waals surface area contributed by atoms with Crippen LogP contribution in [0.15, 0.2) is 54.6 Å². The van der Waals surface area contributed by atoms with E-state index in [0.29, 0.717) is 5.69 Å². The molecule has 0 aromatic heterocycles. The molecule has 0 radical (unpaired) electrons. The second-order valence-corrected chi connectivity index (χ2v) is 4.43. The lowest BCUT2D eigenvalue weighted by atomic mass is 10.0. The fourth-order valence-electron chi connectivity index (χ4n) is 2.28. The van der Waals surface area contributed by atoms with Crippen molar-refractivity contribution in [2.75, 3.05) is 11.9 Å². The summed E-state index contributed by atoms with van der Waals surface area (Å²) in [5, 5.41) is 16.0. The number of carbonyl (C=O) groups excluding carboxylic acids is 1. The molecule has 0 unspecified atom stereocenters. The molecule has 3 nitrogen and oxygen atoms in total. The highest BCUT2D eigenvalue weighted by atomic mass is 16.3. The first-order valence-electron chi connectivity index (χ1n) is 6.10. The van der Waals surface area contributed by atoms with E-state index in [9.17, 15) is 4.79 Å². The average Bonchev–Trinajstić information content (AvgIpc) is 2.47. The number of carbonyl (C=O) groups is 1. The Bertz CT molecular complexity index is 765. The Morgan fingerprint density at radius 2 is 1.63 bits per heavy atom. The van der Waals surface area contributed by atoms with Gasteiger partial charge in [-0.15, -0.1) is 0 Å². The molecule has 3 heteroatoms. The third-order valence-corrected chi connectivity index (χ3v) is 3.17. The van der Waals surface area contributed by atoms with Gasteiger partial charge < -0.3 is 10.4 Å². The van der Waals surface area contributed by atoms with E-state index < -0.39 is 12.5 Å². The zero-order valence-electron chi connectivity index (χ0n) is 10.3. The molecule has 3 aromatic carbocycles. The van der Waals surface area contributed by atoms with Gasteiger partial charge in [0.05, 0.1) is 0 Å². The zero-order valence-corrected chi connectivity index (χ0v) is 10.3. The zero-order chi connectivity index (χ0) is 13.2. The molecule has 2 N–H and O–H groups in total. The van der Waals surface area contributed by atoms with Crippen LogP contribution in [0.25, 0.3) is 21.5 Å². The minimum atomic E-state index is -0.506. The van der Waals surface area contributed by atoms with Gasteiger partial charge in [-0.25, -0.2) is 0 Å². The van der Waals surface area contributed by atoms with Crippen LogP contribution in [0.5, 0.6) is 0 Å². The van der Waals surface area contributed by atoms with Crippen molar-refractivity contribution in [2.24, 2.45) is 0 Å². The van der Waals surface area contributed by atoms with Crippen molar-refractivity contribution in [2.45, 2.75) is 0 Å². The maximum Gasteiger partial charge on any atom is 0.250 e. The van der Waals surface area contributed by atoms with Gasteiger partial charge in [0.2, 0.25) is 5.91 Å². The Hall–Kier alpha value is -2.39. The number of rotatable bonds is 2. The molecule has 0 saturated heterocycles. The number of hydrogen-bond acceptors (Lipinski definition) is 2. The first-order valence-corrected chi connectivity index (χ1v) is 6.10. The Morgan fingerprint density at radius 3 is 2.42 bits per heavy atom. The van der Waals surface area contributed by atoms with Gasteiger partial charge in [-0.1, -0.05) is 42.5 Å². The highest BCUT2D eigenvalue weighted by molar-refractivity contribution is 6.09. The summed E-state index contributed by atoms with van der Waals surface area (Å²) in [4.78, 5) is 11.2. The quantitative estimate of drug-likeness (QED) is 0.688. The van der Waals surface area contributed by atoms with Gasteiger partial charge in [-0.3, -0.25) is 4.79 Å². The average molecular weight is 251 g/mol. The van der Waals surface area contributed by atoms with Crippen molar-refractivity contribution in [3.8, 4) is 0 Å². The number of fused-ring (bicyclic) bond motifs is 3. The monoisotopic (exact) mass is 251 g/mol. The minimum Gasteiger partial charge on any atom is -0.387 e. The lowest BCUT2D eigenvalue weighted by molar-refractivity contribution is -0.118. The topological polar surface area (TPSA) is 49.3 Å². The number of amides is 1. The van der Waals surface area contributed by atoms with Gasteiger partial charge in [0.1, 0.15) is 6.61 Å². The number of hydrogen-bond donors (Lipinski definition) is 2. The van der Waals surface area contributed by atoms with Crippen LogP contribution in [0.3, 0.4) is 0 Å². The normalized spacial score (nSPS) is 10.8. The Morgan fingerprint density at radius 1 is 0.947 bits per heavy atom. The second kappa shape index (κ2) is 4.71. The van der Waals surface area contributed by atoms with Crippen molar-refractivity contribution in [3.63, 3.8) is 0 Å². The maximum atomic E-state index is 11.2. The third kappa shape index (κ3) is 2.16. The van der Waals surface area contributed by atoms with E-state index in [1.807, 2.05) is 30.3 Å². The molecule has 3 rings (SSSR count). The lowest BCUT2D eigenvalue weighted by Crippen LogP contribution is -2.15. The summed E-state index contributed by atoms with van der Waals surface area (Å²) in [6, 6.07) is 18.0. The van der Waals surface area contributed by atoms with Gasteiger partial charge in [0, 0.05) is 5.69 Å². The number of benzene rings is 3. The van der Waals surface area contributed by atoms with Crippen LogP contribution in [-0.2, 0) is 4.79 Å². The summed E-state index contributed by atoms with van der Waals surface area (Å²) in [5.41, 5.74) is 0.697. The van der Waals surface area contributed by atoms with E-state index in [4.69, 9.17) is 5.11 Å². The standard InChI is InChI=1S/C16H13NO2/c18-10-16(19)17-13-8-7-12-6-5-11-3-1-2-4-14(11)15(12)9-13/h1-9,18H,10H2,(H,17,19). The molecule has 0 atom stereocenters. The van der Waals surface area contributed by atoms with E-state index in [1.165, 1.54) is 5.39 Å². The molecule has 94 valence electrons. The lowest BCUT2D eigenvalue weighted by Gasteiger charge is -2.07. The van der Waals surface area contributed by atoms with Gasteiger partial charge in [-0.05, 0) is 33.7 Å². The van der Waals surface area contributed by atoms with Crippen molar-refractivity contribution in [1.29, 1.82) is 0 Å². The summed E-state index contributed by atoms with van der Waals surface area (Å²) in [7, 11) is 0. The molecular formula is C16H13NO2. The molecule has 0 aliphatic carbocycles. The van der Waals surface area contributed by atoms with Crippen LogP contribution < -0.4 is 5.32 Å². The van der Waals surface area contributed by atoms with Crippen LogP contribution in [0, 0.1) is 0 Å². The van der Waals surface area contributed by atoms with E-state index in [2.05, 4.69) is 29.6 Å². The fraction of sp³-hybridized carbons (Fsp3) is 0.0625. The Labute approximate surface area is 110 Å². The highest BCUT2D eigenvalue weighted by Crippen LogP contribution is 2.27. The van der Waals surface area contributed by atoms with Crippen LogP contribution in [0.1, 0.15) is 0 Å². The number of nitrogens with one attached hydrogen (secondary N) is 1. The molecule has 0 aliphatic rings. The van der Waals surface area contributed by atoms with Gasteiger partial charge in [0.25, 0.3) is 0 Å². The van der Waals surface area contributed by atoms with Crippen LogP contribution in [0.4, 0.5) is 5.69 Å². The summed E-state index contributed by atoms with van der Waals surface area (Å²) in [6.07, 6.45) is 0. The van der Waals surface area contributed by atoms with Crippen molar-refractivity contribution >= 4 is 33.1 Å². The Balaban J connectivity index is 2.19. The van der Waals surface area contributed by atoms with E-state index >= 15 is 0 Å². The van der Waals surface area contributed by atoms with Crippen LogP contribution in [0.2, 0.25) is 0 Å². The number of anilines is 1. The maximum absolute atomic E-state index is 11.2.